The molecule has 0 aliphatic carbocycles. The van der Waals surface area contributed by atoms with Crippen LogP contribution in [0, 0.1) is 6.92 Å². The Morgan fingerprint density at radius 3 is 2.16 bits per heavy atom. The normalized spacial score (nSPS) is 14.5. The number of ether oxygens (including phenoxy) is 1. The number of barbiturate groups is 1. The van der Waals surface area contributed by atoms with Crippen molar-refractivity contribution < 1.29 is 31.7 Å². The van der Waals surface area contributed by atoms with Crippen LogP contribution in [-0.2, 0) is 26.3 Å². The lowest BCUT2D eigenvalue weighted by Crippen LogP contribution is -2.54. The van der Waals surface area contributed by atoms with Crippen molar-refractivity contribution in [3.63, 3.8) is 0 Å². The van der Waals surface area contributed by atoms with E-state index in [0.717, 1.165) is 22.1 Å². The van der Waals surface area contributed by atoms with Crippen molar-refractivity contribution in [2.75, 3.05) is 4.90 Å². The summed E-state index contributed by atoms with van der Waals surface area (Å²) in [6.07, 6.45) is 1.12. The first kappa shape index (κ1) is 29.8. The fourth-order valence-corrected chi connectivity index (χ4v) is 5.33. The number of carbonyl (C=O) groups is 3. The van der Waals surface area contributed by atoms with Gasteiger partial charge in [0.15, 0.2) is 0 Å². The maximum absolute atomic E-state index is 13.5. The van der Waals surface area contributed by atoms with Gasteiger partial charge in [-0.25, -0.2) is 9.69 Å². The number of aryl methyl sites for hydroxylation is 1. The summed E-state index contributed by atoms with van der Waals surface area (Å²) in [5.41, 5.74) is 1.51. The summed E-state index contributed by atoms with van der Waals surface area (Å²) >= 11 is 12.1. The van der Waals surface area contributed by atoms with Gasteiger partial charge in [-0.15, -0.1) is 0 Å². The van der Waals surface area contributed by atoms with Gasteiger partial charge in [0.2, 0.25) is 0 Å². The van der Waals surface area contributed by atoms with Gasteiger partial charge in [0, 0.05) is 15.6 Å². The third-order valence-electron chi connectivity index (χ3n) is 6.30. The van der Waals surface area contributed by atoms with Gasteiger partial charge in [-0.2, -0.15) is 8.42 Å². The van der Waals surface area contributed by atoms with Gasteiger partial charge in [-0.1, -0.05) is 53.0 Å². The van der Waals surface area contributed by atoms with E-state index < -0.39 is 33.5 Å². The fraction of sp³-hybridized carbons (Fsp3) is 0.0645. The summed E-state index contributed by atoms with van der Waals surface area (Å²) in [5, 5.41) is 2.93. The molecule has 4 amide bonds. The number of anilines is 1. The van der Waals surface area contributed by atoms with Crippen LogP contribution in [0.3, 0.4) is 0 Å². The summed E-state index contributed by atoms with van der Waals surface area (Å²) < 4.78 is 37.0. The zero-order valence-corrected chi connectivity index (χ0v) is 24.7. The molecule has 1 saturated heterocycles. The van der Waals surface area contributed by atoms with Gasteiger partial charge in [-0.05, 0) is 85.3 Å². The van der Waals surface area contributed by atoms with Crippen molar-refractivity contribution in [1.29, 1.82) is 0 Å². The van der Waals surface area contributed by atoms with E-state index in [1.807, 2.05) is 19.1 Å². The Balaban J connectivity index is 1.40. The van der Waals surface area contributed by atoms with Crippen LogP contribution in [0.15, 0.2) is 101 Å². The smallest absolute Gasteiger partial charge is 0.339 e. The number of hydrogen-bond donors (Lipinski definition) is 1. The minimum atomic E-state index is -4.26. The van der Waals surface area contributed by atoms with E-state index in [0.29, 0.717) is 10.8 Å². The molecular weight excluding hydrogens is 615 g/mol. The minimum absolute atomic E-state index is 0.0296. The van der Waals surface area contributed by atoms with Crippen molar-refractivity contribution in [2.24, 2.45) is 0 Å². The lowest BCUT2D eigenvalue weighted by molar-refractivity contribution is -0.122. The number of nitrogens with zero attached hydrogens (tertiary/aromatic N) is 1. The fourth-order valence-electron chi connectivity index (χ4n) is 4.07. The molecule has 4 aromatic rings. The molecule has 1 N–H and O–H groups in total. The van der Waals surface area contributed by atoms with Crippen molar-refractivity contribution in [1.82, 2.24) is 5.32 Å². The third-order valence-corrected chi connectivity index (χ3v) is 8.03. The van der Waals surface area contributed by atoms with Crippen LogP contribution in [0.25, 0.3) is 6.08 Å². The molecule has 1 aliphatic rings. The number of halogens is 2. The number of amides is 4. The van der Waals surface area contributed by atoms with E-state index in [1.54, 1.807) is 36.4 Å². The van der Waals surface area contributed by atoms with Crippen molar-refractivity contribution in [3.05, 3.63) is 123 Å². The molecule has 1 fully saturated rings. The number of hydrogen-bond acceptors (Lipinski definition) is 7. The number of urea groups is 1. The first-order valence-electron chi connectivity index (χ1n) is 12.7. The van der Waals surface area contributed by atoms with Gasteiger partial charge in [-0.3, -0.25) is 14.9 Å². The first-order chi connectivity index (χ1) is 20.5. The SMILES string of the molecule is Cc1ccc(S(=O)(=O)Oc2ccc(Cl)cc2/C=C2\C(=O)NC(=O)N(c3ccc(OCc4ccc(Cl)cc4)cc3)C2=O)cc1. The second kappa shape index (κ2) is 12.3. The predicted molar refractivity (Wildman–Crippen MR) is 162 cm³/mol. The Labute approximate surface area is 257 Å². The molecule has 1 aliphatic heterocycles. The van der Waals surface area contributed by atoms with Gasteiger partial charge >= 0.3 is 16.1 Å². The van der Waals surface area contributed by atoms with E-state index in [-0.39, 0.29) is 33.5 Å². The van der Waals surface area contributed by atoms with Crippen LogP contribution in [0.2, 0.25) is 10.0 Å². The third kappa shape index (κ3) is 6.89. The summed E-state index contributed by atoms with van der Waals surface area (Å²) in [6.45, 7) is 2.08. The minimum Gasteiger partial charge on any atom is -0.489 e. The Bertz CT molecular complexity index is 1860. The molecule has 43 heavy (non-hydrogen) atoms. The molecule has 0 atom stereocenters. The zero-order chi connectivity index (χ0) is 30.7. The summed E-state index contributed by atoms with van der Waals surface area (Å²) in [5.74, 6) is -1.60. The highest BCUT2D eigenvalue weighted by Gasteiger charge is 2.37. The molecule has 12 heteroatoms. The molecule has 0 aromatic heterocycles. The summed E-state index contributed by atoms with van der Waals surface area (Å²) in [4.78, 5) is 39.6. The highest BCUT2D eigenvalue weighted by molar-refractivity contribution is 7.87. The molecule has 0 spiro atoms. The predicted octanol–water partition coefficient (Wildman–Crippen LogP) is 6.31. The van der Waals surface area contributed by atoms with Crippen molar-refractivity contribution in [3.8, 4) is 11.5 Å². The van der Waals surface area contributed by atoms with E-state index in [9.17, 15) is 22.8 Å². The number of rotatable bonds is 8. The second-order valence-corrected chi connectivity index (χ2v) is 11.8. The molecule has 9 nitrogen and oxygen atoms in total. The number of benzene rings is 4. The first-order valence-corrected chi connectivity index (χ1v) is 14.9. The van der Waals surface area contributed by atoms with Crippen LogP contribution in [-0.4, -0.2) is 26.3 Å². The molecule has 0 saturated carbocycles. The molecule has 5 rings (SSSR count). The van der Waals surface area contributed by atoms with Gasteiger partial charge in [0.05, 0.1) is 5.69 Å². The maximum atomic E-state index is 13.5. The van der Waals surface area contributed by atoms with Gasteiger partial charge < -0.3 is 8.92 Å². The highest BCUT2D eigenvalue weighted by Crippen LogP contribution is 2.30. The Hall–Kier alpha value is -4.64. The molecule has 0 unspecified atom stereocenters. The Morgan fingerprint density at radius 2 is 1.49 bits per heavy atom. The Kier molecular flexibility index (Phi) is 8.54. The van der Waals surface area contributed by atoms with Gasteiger partial charge in [0.25, 0.3) is 11.8 Å². The largest absolute Gasteiger partial charge is 0.489 e. The van der Waals surface area contributed by atoms with E-state index in [1.165, 1.54) is 42.5 Å². The summed E-state index contributed by atoms with van der Waals surface area (Å²) in [6, 6.07) is 22.4. The van der Waals surface area contributed by atoms with E-state index >= 15 is 0 Å². The standard InChI is InChI=1S/C31H22Cl2N2O7S/c1-19-2-13-26(14-3-19)43(39,40)42-28-15-8-23(33)16-21(28)17-27-29(36)34-31(38)35(30(27)37)24-9-11-25(12-10-24)41-18-20-4-6-22(32)7-5-20/h2-17H,18H2,1H3,(H,34,36,38)/b27-17+. The maximum Gasteiger partial charge on any atom is 0.339 e. The number of carbonyl (C=O) groups excluding carboxylic acids is 3. The van der Waals surface area contributed by atoms with Crippen LogP contribution in [0.5, 0.6) is 11.5 Å². The zero-order valence-electron chi connectivity index (χ0n) is 22.4. The average molecular weight is 637 g/mol. The van der Waals surface area contributed by atoms with Crippen LogP contribution in [0.1, 0.15) is 16.7 Å². The lowest BCUT2D eigenvalue weighted by Gasteiger charge is -2.26. The average Bonchev–Trinajstić information content (AvgIpc) is 2.97. The quantitative estimate of drug-likeness (QED) is 0.137. The number of nitrogens with one attached hydrogen (secondary N) is 1. The summed E-state index contributed by atoms with van der Waals surface area (Å²) in [7, 11) is -4.26. The molecule has 0 radical (unpaired) electrons. The highest BCUT2D eigenvalue weighted by atomic mass is 35.5. The monoisotopic (exact) mass is 636 g/mol. The van der Waals surface area contributed by atoms with Crippen molar-refractivity contribution in [2.45, 2.75) is 18.4 Å². The van der Waals surface area contributed by atoms with Crippen LogP contribution >= 0.6 is 23.2 Å². The molecule has 1 heterocycles. The van der Waals surface area contributed by atoms with Gasteiger partial charge in [0.1, 0.15) is 28.6 Å². The molecule has 218 valence electrons. The van der Waals surface area contributed by atoms with Crippen LogP contribution < -0.4 is 19.1 Å². The Morgan fingerprint density at radius 1 is 0.837 bits per heavy atom. The molecule has 0 bridgehead atoms. The van der Waals surface area contributed by atoms with Crippen LogP contribution in [0.4, 0.5) is 10.5 Å². The lowest BCUT2D eigenvalue weighted by atomic mass is 10.1. The topological polar surface area (TPSA) is 119 Å². The number of imide groups is 2. The van der Waals surface area contributed by atoms with E-state index in [2.05, 4.69) is 5.32 Å². The molecule has 4 aromatic carbocycles. The molecular formula is C31H22Cl2N2O7S. The second-order valence-electron chi connectivity index (χ2n) is 9.40. The van der Waals surface area contributed by atoms with E-state index in [4.69, 9.17) is 32.1 Å². The van der Waals surface area contributed by atoms with Crippen molar-refractivity contribution >= 4 is 62.9 Å².